The summed E-state index contributed by atoms with van der Waals surface area (Å²) >= 11 is 5.19. The highest BCUT2D eigenvalue weighted by Crippen LogP contribution is 1.92. The fourth-order valence-corrected chi connectivity index (χ4v) is 1.38. The minimum atomic E-state index is 0.430. The van der Waals surface area contributed by atoms with Gasteiger partial charge < -0.3 is 15.5 Å². The van der Waals surface area contributed by atoms with Gasteiger partial charge in [0.25, 0.3) is 0 Å². The Morgan fingerprint density at radius 2 is 1.87 bits per heavy atom. The molecular formula is C11H25N3S. The van der Waals surface area contributed by atoms with Gasteiger partial charge in [-0.2, -0.15) is 0 Å². The molecule has 0 aromatic rings. The molecular weight excluding hydrogens is 206 g/mol. The van der Waals surface area contributed by atoms with Crippen molar-refractivity contribution in [2.45, 2.75) is 33.2 Å². The van der Waals surface area contributed by atoms with Crippen molar-refractivity contribution in [3.63, 3.8) is 0 Å². The van der Waals surface area contributed by atoms with Crippen LogP contribution < -0.4 is 10.6 Å². The first kappa shape index (κ1) is 14.6. The van der Waals surface area contributed by atoms with Gasteiger partial charge in [-0.15, -0.1) is 0 Å². The van der Waals surface area contributed by atoms with E-state index in [1.165, 1.54) is 0 Å². The monoisotopic (exact) mass is 231 g/mol. The fourth-order valence-electron chi connectivity index (χ4n) is 1.10. The molecule has 0 spiro atoms. The molecule has 0 aliphatic rings. The molecule has 0 aliphatic carbocycles. The average molecular weight is 231 g/mol. The lowest BCUT2D eigenvalue weighted by atomic mass is 10.2. The van der Waals surface area contributed by atoms with Crippen LogP contribution in [0.5, 0.6) is 0 Å². The maximum atomic E-state index is 5.19. The number of thiocarbonyl (C=S) groups is 1. The second kappa shape index (κ2) is 7.88. The molecule has 0 amide bonds. The molecule has 2 N–H and O–H groups in total. The van der Waals surface area contributed by atoms with E-state index in [1.54, 1.807) is 0 Å². The standard InChI is InChI=1S/C11H25N3S/c1-9(2)8-12-11(15)13-10(3)6-7-14(4)5/h9-10H,6-8H2,1-5H3,(H2,12,13,15). The second-order valence-corrected chi connectivity index (χ2v) is 5.15. The van der Waals surface area contributed by atoms with Gasteiger partial charge in [-0.25, -0.2) is 0 Å². The van der Waals surface area contributed by atoms with E-state index in [9.17, 15) is 0 Å². The van der Waals surface area contributed by atoms with Gasteiger partial charge in [0.15, 0.2) is 5.11 Å². The Kier molecular flexibility index (Phi) is 7.70. The molecule has 0 rings (SSSR count). The summed E-state index contributed by atoms with van der Waals surface area (Å²) in [6.07, 6.45) is 1.11. The summed E-state index contributed by atoms with van der Waals surface area (Å²) in [5.74, 6) is 0.627. The van der Waals surface area contributed by atoms with Crippen LogP contribution in [0.2, 0.25) is 0 Å². The van der Waals surface area contributed by atoms with Gasteiger partial charge >= 0.3 is 0 Å². The van der Waals surface area contributed by atoms with Gasteiger partial charge in [0, 0.05) is 12.6 Å². The molecule has 0 bridgehead atoms. The number of rotatable bonds is 6. The summed E-state index contributed by atoms with van der Waals surface area (Å²) in [6.45, 7) is 8.52. The average Bonchev–Trinajstić information content (AvgIpc) is 2.11. The Labute approximate surface area is 99.6 Å². The first-order valence-electron chi connectivity index (χ1n) is 5.61. The number of hydrogen-bond acceptors (Lipinski definition) is 2. The molecule has 0 aromatic carbocycles. The first-order chi connectivity index (χ1) is 6.91. The molecule has 3 nitrogen and oxygen atoms in total. The van der Waals surface area contributed by atoms with Crippen LogP contribution in [-0.2, 0) is 0 Å². The van der Waals surface area contributed by atoms with Crippen LogP contribution in [0.1, 0.15) is 27.2 Å². The van der Waals surface area contributed by atoms with E-state index in [4.69, 9.17) is 12.2 Å². The smallest absolute Gasteiger partial charge is 0.166 e. The van der Waals surface area contributed by atoms with Gasteiger partial charge in [-0.3, -0.25) is 0 Å². The summed E-state index contributed by atoms with van der Waals surface area (Å²) < 4.78 is 0. The Hall–Kier alpha value is -0.350. The lowest BCUT2D eigenvalue weighted by Crippen LogP contribution is -2.42. The van der Waals surface area contributed by atoms with Crippen molar-refractivity contribution in [2.75, 3.05) is 27.2 Å². The molecule has 0 radical (unpaired) electrons. The molecule has 0 aromatic heterocycles. The van der Waals surface area contributed by atoms with Gasteiger partial charge in [0.05, 0.1) is 0 Å². The van der Waals surface area contributed by atoms with Gasteiger partial charge in [-0.05, 0) is 52.1 Å². The molecule has 1 unspecified atom stereocenters. The highest BCUT2D eigenvalue weighted by Gasteiger charge is 2.04. The molecule has 0 aliphatic heterocycles. The van der Waals surface area contributed by atoms with Gasteiger partial charge in [0.2, 0.25) is 0 Å². The Morgan fingerprint density at radius 3 is 2.33 bits per heavy atom. The zero-order valence-corrected chi connectivity index (χ0v) is 11.4. The number of hydrogen-bond donors (Lipinski definition) is 2. The maximum absolute atomic E-state index is 5.19. The Morgan fingerprint density at radius 1 is 1.27 bits per heavy atom. The quantitative estimate of drug-likeness (QED) is 0.677. The molecule has 0 heterocycles. The zero-order valence-electron chi connectivity index (χ0n) is 10.6. The van der Waals surface area contributed by atoms with E-state index >= 15 is 0 Å². The van der Waals surface area contributed by atoms with Crippen molar-refractivity contribution in [1.29, 1.82) is 0 Å². The lowest BCUT2D eigenvalue weighted by Gasteiger charge is -2.19. The van der Waals surface area contributed by atoms with Crippen LogP contribution >= 0.6 is 12.2 Å². The lowest BCUT2D eigenvalue weighted by molar-refractivity contribution is 0.378. The maximum Gasteiger partial charge on any atom is 0.166 e. The highest BCUT2D eigenvalue weighted by molar-refractivity contribution is 7.80. The molecule has 0 fully saturated rings. The summed E-state index contributed by atoms with van der Waals surface area (Å²) in [7, 11) is 4.17. The van der Waals surface area contributed by atoms with E-state index in [-0.39, 0.29) is 0 Å². The van der Waals surface area contributed by atoms with Crippen molar-refractivity contribution < 1.29 is 0 Å². The van der Waals surface area contributed by atoms with Crippen LogP contribution in [0, 0.1) is 5.92 Å². The highest BCUT2D eigenvalue weighted by atomic mass is 32.1. The van der Waals surface area contributed by atoms with Crippen LogP contribution in [0.4, 0.5) is 0 Å². The summed E-state index contributed by atoms with van der Waals surface area (Å²) in [5, 5.41) is 7.26. The van der Waals surface area contributed by atoms with Crippen LogP contribution in [0.15, 0.2) is 0 Å². The SMILES string of the molecule is CC(C)CNC(=S)NC(C)CCN(C)C. The van der Waals surface area contributed by atoms with Gasteiger partial charge in [0.1, 0.15) is 0 Å². The molecule has 1 atom stereocenters. The van der Waals surface area contributed by atoms with Gasteiger partial charge in [-0.1, -0.05) is 13.8 Å². The second-order valence-electron chi connectivity index (χ2n) is 4.74. The van der Waals surface area contributed by atoms with E-state index in [0.717, 1.165) is 24.6 Å². The largest absolute Gasteiger partial charge is 0.362 e. The predicted molar refractivity (Wildman–Crippen MR) is 71.2 cm³/mol. The third-order valence-corrected chi connectivity index (χ3v) is 2.32. The Balaban J connectivity index is 3.57. The van der Waals surface area contributed by atoms with E-state index in [0.29, 0.717) is 12.0 Å². The Bertz CT molecular complexity index is 181. The predicted octanol–water partition coefficient (Wildman–Crippen LogP) is 1.45. The third-order valence-electron chi connectivity index (χ3n) is 2.06. The topological polar surface area (TPSA) is 27.3 Å². The summed E-state index contributed by atoms with van der Waals surface area (Å²) in [6, 6.07) is 0.430. The van der Waals surface area contributed by atoms with Crippen molar-refractivity contribution >= 4 is 17.3 Å². The number of nitrogens with one attached hydrogen (secondary N) is 2. The van der Waals surface area contributed by atoms with E-state index in [1.807, 2.05) is 0 Å². The third kappa shape index (κ3) is 9.94. The minimum Gasteiger partial charge on any atom is -0.362 e. The van der Waals surface area contributed by atoms with Crippen LogP contribution in [-0.4, -0.2) is 43.2 Å². The van der Waals surface area contributed by atoms with Crippen LogP contribution in [0.25, 0.3) is 0 Å². The zero-order chi connectivity index (χ0) is 11.8. The first-order valence-corrected chi connectivity index (χ1v) is 6.01. The molecule has 15 heavy (non-hydrogen) atoms. The van der Waals surface area contributed by atoms with E-state index < -0.39 is 0 Å². The van der Waals surface area contributed by atoms with Crippen molar-refractivity contribution in [3.05, 3.63) is 0 Å². The normalized spacial score (nSPS) is 13.0. The molecule has 0 saturated heterocycles. The number of nitrogens with zero attached hydrogens (tertiary/aromatic N) is 1. The molecule has 0 saturated carbocycles. The minimum absolute atomic E-state index is 0.430. The molecule has 4 heteroatoms. The van der Waals surface area contributed by atoms with Crippen molar-refractivity contribution in [1.82, 2.24) is 15.5 Å². The van der Waals surface area contributed by atoms with Crippen molar-refractivity contribution in [3.8, 4) is 0 Å². The molecule has 90 valence electrons. The summed E-state index contributed by atoms with van der Waals surface area (Å²) in [5.41, 5.74) is 0. The van der Waals surface area contributed by atoms with Crippen LogP contribution in [0.3, 0.4) is 0 Å². The van der Waals surface area contributed by atoms with Crippen molar-refractivity contribution in [2.24, 2.45) is 5.92 Å². The summed E-state index contributed by atoms with van der Waals surface area (Å²) in [4.78, 5) is 2.18. The fraction of sp³-hybridized carbons (Fsp3) is 0.909. The van der Waals surface area contributed by atoms with E-state index in [2.05, 4.69) is 50.4 Å².